The summed E-state index contributed by atoms with van der Waals surface area (Å²) in [7, 11) is 0. The van der Waals surface area contributed by atoms with Gasteiger partial charge in [-0.25, -0.2) is 4.98 Å². The maximum absolute atomic E-state index is 12.0. The van der Waals surface area contributed by atoms with Crippen LogP contribution >= 0.6 is 23.2 Å². The third kappa shape index (κ3) is 2.72. The lowest BCUT2D eigenvalue weighted by Crippen LogP contribution is -2.12. The van der Waals surface area contributed by atoms with E-state index in [1.807, 2.05) is 0 Å². The summed E-state index contributed by atoms with van der Waals surface area (Å²) < 4.78 is 0. The van der Waals surface area contributed by atoms with E-state index in [0.29, 0.717) is 22.1 Å². The van der Waals surface area contributed by atoms with E-state index in [1.54, 1.807) is 30.3 Å². The molecule has 0 saturated carbocycles. The first kappa shape index (κ1) is 12.7. The average Bonchev–Trinajstić information content (AvgIpc) is 2.35. The van der Waals surface area contributed by atoms with Crippen LogP contribution in [0.25, 0.3) is 0 Å². The summed E-state index contributed by atoms with van der Waals surface area (Å²) in [6, 6.07) is 8.11. The third-order valence-electron chi connectivity index (χ3n) is 2.24. The minimum Gasteiger partial charge on any atom is -0.384 e. The van der Waals surface area contributed by atoms with Gasteiger partial charge in [0.25, 0.3) is 5.91 Å². The first-order chi connectivity index (χ1) is 8.58. The first-order valence-electron chi connectivity index (χ1n) is 5.05. The number of nitrogens with one attached hydrogen (secondary N) is 1. The Morgan fingerprint density at radius 2 is 2.00 bits per heavy atom. The standard InChI is InChI=1S/C12H9Cl2N3O/c13-9-3-1-2-8(11(9)14)12(18)17-7-4-5-10(15)16-6-7/h1-6H,(H2,15,16)(H,17,18). The molecule has 4 nitrogen and oxygen atoms in total. The van der Waals surface area contributed by atoms with Crippen LogP contribution in [0.4, 0.5) is 11.5 Å². The first-order valence-corrected chi connectivity index (χ1v) is 5.80. The van der Waals surface area contributed by atoms with Crippen LogP contribution in [-0.4, -0.2) is 10.9 Å². The zero-order valence-electron chi connectivity index (χ0n) is 9.15. The van der Waals surface area contributed by atoms with E-state index in [9.17, 15) is 4.79 Å². The van der Waals surface area contributed by atoms with Gasteiger partial charge in [0, 0.05) is 0 Å². The van der Waals surface area contributed by atoms with Crippen LogP contribution in [0.3, 0.4) is 0 Å². The van der Waals surface area contributed by atoms with Gasteiger partial charge in [0.2, 0.25) is 0 Å². The molecule has 0 saturated heterocycles. The van der Waals surface area contributed by atoms with E-state index in [1.165, 1.54) is 6.20 Å². The van der Waals surface area contributed by atoms with Crippen LogP contribution < -0.4 is 11.1 Å². The topological polar surface area (TPSA) is 68.0 Å². The minimum absolute atomic E-state index is 0.222. The molecule has 0 fully saturated rings. The minimum atomic E-state index is -0.353. The number of hydrogen-bond donors (Lipinski definition) is 2. The van der Waals surface area contributed by atoms with E-state index in [4.69, 9.17) is 28.9 Å². The second-order valence-electron chi connectivity index (χ2n) is 3.53. The predicted octanol–water partition coefficient (Wildman–Crippen LogP) is 3.22. The normalized spacial score (nSPS) is 10.1. The largest absolute Gasteiger partial charge is 0.384 e. The summed E-state index contributed by atoms with van der Waals surface area (Å²) in [5, 5.41) is 3.21. The van der Waals surface area contributed by atoms with Crippen molar-refractivity contribution in [3.05, 3.63) is 52.1 Å². The molecular formula is C12H9Cl2N3O. The number of benzene rings is 1. The summed E-state index contributed by atoms with van der Waals surface area (Å²) >= 11 is 11.8. The number of carbonyl (C=O) groups excluding carboxylic acids is 1. The Morgan fingerprint density at radius 3 is 2.67 bits per heavy atom. The van der Waals surface area contributed by atoms with Gasteiger partial charge in [0.05, 0.1) is 27.5 Å². The number of anilines is 2. The summed E-state index contributed by atoms with van der Waals surface area (Å²) in [6.45, 7) is 0. The highest BCUT2D eigenvalue weighted by Gasteiger charge is 2.12. The van der Waals surface area contributed by atoms with E-state index in [-0.39, 0.29) is 10.9 Å². The van der Waals surface area contributed by atoms with Crippen molar-refractivity contribution < 1.29 is 4.79 Å². The van der Waals surface area contributed by atoms with Gasteiger partial charge in [-0.05, 0) is 24.3 Å². The van der Waals surface area contributed by atoms with Gasteiger partial charge in [0.15, 0.2) is 0 Å². The number of pyridine rings is 1. The van der Waals surface area contributed by atoms with Crippen LogP contribution in [-0.2, 0) is 0 Å². The van der Waals surface area contributed by atoms with Crippen LogP contribution in [0.5, 0.6) is 0 Å². The van der Waals surface area contributed by atoms with Crippen molar-refractivity contribution >= 4 is 40.6 Å². The molecule has 92 valence electrons. The monoisotopic (exact) mass is 281 g/mol. The molecule has 1 aromatic carbocycles. The highest BCUT2D eigenvalue weighted by Crippen LogP contribution is 2.26. The van der Waals surface area contributed by atoms with Crippen molar-refractivity contribution in [2.45, 2.75) is 0 Å². The Hall–Kier alpha value is -1.78. The molecule has 3 N–H and O–H groups in total. The molecule has 1 aromatic heterocycles. The zero-order valence-corrected chi connectivity index (χ0v) is 10.7. The molecule has 0 aliphatic rings. The number of rotatable bonds is 2. The SMILES string of the molecule is Nc1ccc(NC(=O)c2cccc(Cl)c2Cl)cn1. The summed E-state index contributed by atoms with van der Waals surface area (Å²) in [5.74, 6) is 0.0304. The molecule has 0 aliphatic carbocycles. The fraction of sp³-hybridized carbons (Fsp3) is 0. The van der Waals surface area contributed by atoms with Gasteiger partial charge in [-0.1, -0.05) is 29.3 Å². The molecular weight excluding hydrogens is 273 g/mol. The third-order valence-corrected chi connectivity index (χ3v) is 3.06. The molecule has 6 heteroatoms. The predicted molar refractivity (Wildman–Crippen MR) is 73.1 cm³/mol. The molecule has 0 spiro atoms. The van der Waals surface area contributed by atoms with Crippen LogP contribution in [0.15, 0.2) is 36.5 Å². The van der Waals surface area contributed by atoms with E-state index in [2.05, 4.69) is 10.3 Å². The van der Waals surface area contributed by atoms with Crippen molar-refractivity contribution in [2.24, 2.45) is 0 Å². The van der Waals surface area contributed by atoms with Gasteiger partial charge in [0.1, 0.15) is 5.82 Å². The van der Waals surface area contributed by atoms with Gasteiger partial charge in [-0.15, -0.1) is 0 Å². The number of nitrogens with zero attached hydrogens (tertiary/aromatic N) is 1. The van der Waals surface area contributed by atoms with Crippen molar-refractivity contribution in [1.82, 2.24) is 4.98 Å². The second-order valence-corrected chi connectivity index (χ2v) is 4.31. The summed E-state index contributed by atoms with van der Waals surface area (Å²) in [5.41, 5.74) is 6.29. The number of nitrogens with two attached hydrogens (primary N) is 1. The number of aromatic nitrogens is 1. The molecule has 1 amide bonds. The van der Waals surface area contributed by atoms with Crippen molar-refractivity contribution in [3.63, 3.8) is 0 Å². The van der Waals surface area contributed by atoms with Gasteiger partial charge < -0.3 is 11.1 Å². The molecule has 0 unspecified atom stereocenters. The van der Waals surface area contributed by atoms with E-state index in [0.717, 1.165) is 0 Å². The van der Waals surface area contributed by atoms with Gasteiger partial charge >= 0.3 is 0 Å². The van der Waals surface area contributed by atoms with Gasteiger partial charge in [-0.3, -0.25) is 4.79 Å². The Balaban J connectivity index is 2.22. The number of nitrogen functional groups attached to an aromatic ring is 1. The van der Waals surface area contributed by atoms with Crippen LogP contribution in [0.1, 0.15) is 10.4 Å². The highest BCUT2D eigenvalue weighted by molar-refractivity contribution is 6.44. The highest BCUT2D eigenvalue weighted by atomic mass is 35.5. The molecule has 2 aromatic rings. The smallest absolute Gasteiger partial charge is 0.257 e. The zero-order chi connectivity index (χ0) is 13.1. The molecule has 0 atom stereocenters. The molecule has 0 aliphatic heterocycles. The molecule has 0 bridgehead atoms. The van der Waals surface area contributed by atoms with E-state index >= 15 is 0 Å². The lowest BCUT2D eigenvalue weighted by atomic mass is 10.2. The lowest BCUT2D eigenvalue weighted by Gasteiger charge is -2.07. The molecule has 2 rings (SSSR count). The van der Waals surface area contributed by atoms with Crippen LogP contribution in [0.2, 0.25) is 10.0 Å². The lowest BCUT2D eigenvalue weighted by molar-refractivity contribution is 0.102. The fourth-order valence-corrected chi connectivity index (χ4v) is 1.74. The molecule has 1 heterocycles. The number of hydrogen-bond acceptors (Lipinski definition) is 3. The van der Waals surface area contributed by atoms with Crippen molar-refractivity contribution in [1.29, 1.82) is 0 Å². The maximum atomic E-state index is 12.0. The Kier molecular flexibility index (Phi) is 3.69. The summed E-state index contributed by atoms with van der Waals surface area (Å²) in [6.07, 6.45) is 1.46. The number of amides is 1. The molecule has 18 heavy (non-hydrogen) atoms. The van der Waals surface area contributed by atoms with Crippen LogP contribution in [0, 0.1) is 0 Å². The van der Waals surface area contributed by atoms with Gasteiger partial charge in [-0.2, -0.15) is 0 Å². The molecule has 0 radical (unpaired) electrons. The Bertz CT molecular complexity index is 584. The maximum Gasteiger partial charge on any atom is 0.257 e. The second kappa shape index (κ2) is 5.25. The van der Waals surface area contributed by atoms with E-state index < -0.39 is 0 Å². The Morgan fingerprint density at radius 1 is 1.22 bits per heavy atom. The number of halogens is 2. The fourth-order valence-electron chi connectivity index (χ4n) is 1.36. The number of carbonyl (C=O) groups is 1. The quantitative estimate of drug-likeness (QED) is 0.888. The van der Waals surface area contributed by atoms with Crippen molar-refractivity contribution in [3.8, 4) is 0 Å². The van der Waals surface area contributed by atoms with Crippen molar-refractivity contribution in [2.75, 3.05) is 11.1 Å². The summed E-state index contributed by atoms with van der Waals surface area (Å²) in [4.78, 5) is 15.8. The Labute approximate surface area is 114 Å². The average molecular weight is 282 g/mol.